The molecular formula is C16H16N2O6S2. The van der Waals surface area contributed by atoms with Gasteiger partial charge in [0, 0.05) is 0 Å². The number of aliphatic carboxylic acids is 1. The number of carbonyl (C=O) groups excluding carboxylic acids is 2. The predicted octanol–water partition coefficient (Wildman–Crippen LogP) is 1.24. The number of thioether (sulfide) groups is 1. The zero-order valence-electron chi connectivity index (χ0n) is 13.8. The fraction of sp³-hybridized carbons (Fsp3) is 0.250. The minimum atomic E-state index is -1.14. The first-order valence-corrected chi connectivity index (χ1v) is 8.69. The highest BCUT2D eigenvalue weighted by Gasteiger charge is 2.33. The Hall–Kier alpha value is -2.59. The van der Waals surface area contributed by atoms with Gasteiger partial charge in [0.25, 0.3) is 11.8 Å². The lowest BCUT2D eigenvalue weighted by atomic mass is 10.2. The smallest absolute Gasteiger partial charge is 0.323 e. The van der Waals surface area contributed by atoms with E-state index in [0.717, 1.165) is 16.7 Å². The monoisotopic (exact) mass is 396 g/mol. The molecule has 0 aliphatic carbocycles. The van der Waals surface area contributed by atoms with Crippen molar-refractivity contribution in [3.05, 3.63) is 28.7 Å². The molecule has 0 spiro atoms. The van der Waals surface area contributed by atoms with Crippen LogP contribution in [0.25, 0.3) is 6.08 Å². The SMILES string of the molecule is CCOc1cc(C=C2SC(=S)N(CC(=O)O)C2=O)ccc1OCC(N)=O. The predicted molar refractivity (Wildman–Crippen MR) is 99.8 cm³/mol. The molecule has 26 heavy (non-hydrogen) atoms. The average Bonchev–Trinajstić information content (AvgIpc) is 2.81. The standard InChI is InChI=1S/C16H16N2O6S2/c1-2-23-11-5-9(3-4-10(11)24-8-13(17)19)6-12-15(22)18(7-14(20)21)16(25)26-12/h3-6H,2,7-8H2,1H3,(H2,17,19)(H,20,21). The van der Waals surface area contributed by atoms with Crippen molar-refractivity contribution in [1.29, 1.82) is 0 Å². The molecule has 2 rings (SSSR count). The van der Waals surface area contributed by atoms with E-state index >= 15 is 0 Å². The number of amides is 2. The van der Waals surface area contributed by atoms with Gasteiger partial charge in [0.1, 0.15) is 10.9 Å². The van der Waals surface area contributed by atoms with Crippen LogP contribution in [0.2, 0.25) is 0 Å². The summed E-state index contributed by atoms with van der Waals surface area (Å²) < 4.78 is 11.0. The van der Waals surface area contributed by atoms with E-state index in [0.29, 0.717) is 28.6 Å². The van der Waals surface area contributed by atoms with Gasteiger partial charge in [0.2, 0.25) is 0 Å². The summed E-state index contributed by atoms with van der Waals surface area (Å²) in [6.45, 7) is 1.40. The number of benzene rings is 1. The molecule has 0 radical (unpaired) electrons. The molecule has 0 bridgehead atoms. The summed E-state index contributed by atoms with van der Waals surface area (Å²) in [4.78, 5) is 35.3. The molecular weight excluding hydrogens is 380 g/mol. The average molecular weight is 396 g/mol. The Kier molecular flexibility index (Phi) is 6.58. The second kappa shape index (κ2) is 8.68. The Morgan fingerprint density at radius 3 is 2.69 bits per heavy atom. The molecule has 1 fully saturated rings. The van der Waals surface area contributed by atoms with Gasteiger partial charge in [-0.15, -0.1) is 0 Å². The van der Waals surface area contributed by atoms with Crippen LogP contribution in [0, 0.1) is 0 Å². The maximum atomic E-state index is 12.3. The summed E-state index contributed by atoms with van der Waals surface area (Å²) in [6, 6.07) is 4.91. The number of primary amides is 1. The van der Waals surface area contributed by atoms with E-state index in [4.69, 9.17) is 32.5 Å². The van der Waals surface area contributed by atoms with Crippen LogP contribution < -0.4 is 15.2 Å². The molecule has 0 aromatic heterocycles. The van der Waals surface area contributed by atoms with Gasteiger partial charge in [-0.3, -0.25) is 19.3 Å². The van der Waals surface area contributed by atoms with Crippen molar-refractivity contribution in [3.63, 3.8) is 0 Å². The highest BCUT2D eigenvalue weighted by Crippen LogP contribution is 2.34. The molecule has 1 heterocycles. The Morgan fingerprint density at radius 2 is 2.08 bits per heavy atom. The summed E-state index contributed by atoms with van der Waals surface area (Å²) in [5.74, 6) is -1.48. The van der Waals surface area contributed by atoms with E-state index in [-0.39, 0.29) is 10.9 Å². The first-order chi connectivity index (χ1) is 12.3. The van der Waals surface area contributed by atoms with Crippen LogP contribution in [0.1, 0.15) is 12.5 Å². The number of nitrogens with zero attached hydrogens (tertiary/aromatic N) is 1. The molecule has 0 atom stereocenters. The van der Waals surface area contributed by atoms with Gasteiger partial charge < -0.3 is 20.3 Å². The van der Waals surface area contributed by atoms with E-state index in [9.17, 15) is 14.4 Å². The fourth-order valence-corrected chi connectivity index (χ4v) is 3.33. The minimum absolute atomic E-state index is 0.190. The number of carbonyl (C=O) groups is 3. The number of ether oxygens (including phenoxy) is 2. The lowest BCUT2D eigenvalue weighted by molar-refractivity contribution is -0.140. The van der Waals surface area contributed by atoms with E-state index in [1.807, 2.05) is 0 Å². The highest BCUT2D eigenvalue weighted by molar-refractivity contribution is 8.26. The molecule has 10 heteroatoms. The molecule has 138 valence electrons. The van der Waals surface area contributed by atoms with Gasteiger partial charge >= 0.3 is 5.97 Å². The van der Waals surface area contributed by atoms with Crippen molar-refractivity contribution in [2.75, 3.05) is 19.8 Å². The molecule has 2 amide bonds. The number of thiocarbonyl (C=S) groups is 1. The Morgan fingerprint density at radius 1 is 1.35 bits per heavy atom. The molecule has 0 saturated carbocycles. The molecule has 1 aliphatic rings. The van der Waals surface area contributed by atoms with Crippen molar-refractivity contribution in [2.24, 2.45) is 5.73 Å². The molecule has 1 saturated heterocycles. The summed E-state index contributed by atoms with van der Waals surface area (Å²) in [6.07, 6.45) is 1.58. The van der Waals surface area contributed by atoms with Crippen molar-refractivity contribution >= 4 is 52.2 Å². The largest absolute Gasteiger partial charge is 0.490 e. The Bertz CT molecular complexity index is 793. The lowest BCUT2D eigenvalue weighted by Gasteiger charge is -2.12. The van der Waals surface area contributed by atoms with E-state index in [2.05, 4.69) is 0 Å². The van der Waals surface area contributed by atoms with E-state index in [1.165, 1.54) is 0 Å². The number of carboxylic acids is 1. The van der Waals surface area contributed by atoms with Gasteiger partial charge in [-0.2, -0.15) is 0 Å². The Labute approximate surface area is 158 Å². The summed E-state index contributed by atoms with van der Waals surface area (Å²) in [5, 5.41) is 8.86. The summed E-state index contributed by atoms with van der Waals surface area (Å²) in [5.41, 5.74) is 5.70. The Balaban J connectivity index is 2.25. The van der Waals surface area contributed by atoms with Crippen LogP contribution >= 0.6 is 24.0 Å². The van der Waals surface area contributed by atoms with E-state index < -0.39 is 24.3 Å². The number of rotatable bonds is 8. The van der Waals surface area contributed by atoms with Crippen molar-refractivity contribution in [2.45, 2.75) is 6.92 Å². The third-order valence-electron chi connectivity index (χ3n) is 3.10. The third-order valence-corrected chi connectivity index (χ3v) is 4.48. The van der Waals surface area contributed by atoms with Crippen LogP contribution in [0.5, 0.6) is 11.5 Å². The quantitative estimate of drug-likeness (QED) is 0.497. The first-order valence-electron chi connectivity index (χ1n) is 7.47. The number of hydrogen-bond acceptors (Lipinski definition) is 7. The summed E-state index contributed by atoms with van der Waals surface area (Å²) >= 11 is 6.08. The lowest BCUT2D eigenvalue weighted by Crippen LogP contribution is -2.33. The molecule has 1 aromatic rings. The van der Waals surface area contributed by atoms with Gasteiger partial charge in [-0.05, 0) is 30.7 Å². The number of nitrogens with two attached hydrogens (primary N) is 1. The second-order valence-corrected chi connectivity index (χ2v) is 6.73. The van der Waals surface area contributed by atoms with Crippen LogP contribution in [0.4, 0.5) is 0 Å². The molecule has 8 nitrogen and oxygen atoms in total. The van der Waals surface area contributed by atoms with Crippen LogP contribution in [0.15, 0.2) is 23.1 Å². The van der Waals surface area contributed by atoms with Crippen molar-refractivity contribution in [1.82, 2.24) is 4.90 Å². The molecule has 0 unspecified atom stereocenters. The van der Waals surface area contributed by atoms with E-state index in [1.54, 1.807) is 31.2 Å². The zero-order chi connectivity index (χ0) is 19.3. The third kappa shape index (κ3) is 4.96. The van der Waals surface area contributed by atoms with Crippen molar-refractivity contribution < 1.29 is 29.0 Å². The summed E-state index contributed by atoms with van der Waals surface area (Å²) in [7, 11) is 0. The van der Waals surface area contributed by atoms with Crippen molar-refractivity contribution in [3.8, 4) is 11.5 Å². The van der Waals surface area contributed by atoms with Gasteiger partial charge in [0.05, 0.1) is 11.5 Å². The number of carboxylic acid groups (broad SMARTS) is 1. The topological polar surface area (TPSA) is 119 Å². The second-order valence-electron chi connectivity index (χ2n) is 5.06. The molecule has 1 aliphatic heterocycles. The zero-order valence-corrected chi connectivity index (χ0v) is 15.4. The fourth-order valence-electron chi connectivity index (χ4n) is 2.07. The maximum absolute atomic E-state index is 12.3. The van der Waals surface area contributed by atoms with Crippen LogP contribution in [-0.2, 0) is 14.4 Å². The molecule has 3 N–H and O–H groups in total. The maximum Gasteiger partial charge on any atom is 0.323 e. The van der Waals surface area contributed by atoms with Gasteiger partial charge in [0.15, 0.2) is 18.1 Å². The number of hydrogen-bond donors (Lipinski definition) is 2. The highest BCUT2D eigenvalue weighted by atomic mass is 32.2. The van der Waals surface area contributed by atoms with Gasteiger partial charge in [-0.25, -0.2) is 0 Å². The normalized spacial score (nSPS) is 15.4. The van der Waals surface area contributed by atoms with Crippen LogP contribution in [-0.4, -0.2) is 51.9 Å². The molecule has 1 aromatic carbocycles. The van der Waals surface area contributed by atoms with Crippen LogP contribution in [0.3, 0.4) is 0 Å². The minimum Gasteiger partial charge on any atom is -0.490 e. The first kappa shape index (κ1) is 19.7. The van der Waals surface area contributed by atoms with Gasteiger partial charge in [-0.1, -0.05) is 30.0 Å².